The maximum absolute atomic E-state index is 15.2. The molecule has 0 saturated heterocycles. The van der Waals surface area contributed by atoms with Gasteiger partial charge in [-0.25, -0.2) is 17.6 Å². The molecule has 0 heterocycles. The summed E-state index contributed by atoms with van der Waals surface area (Å²) in [6, 6.07) is 2.98. The molecule has 3 aliphatic carbocycles. The van der Waals surface area contributed by atoms with Gasteiger partial charge in [0.25, 0.3) is 5.92 Å². The monoisotopic (exact) mass is 394 g/mol. The van der Waals surface area contributed by atoms with E-state index in [0.29, 0.717) is 36.3 Å². The molecule has 154 valence electrons. The van der Waals surface area contributed by atoms with Gasteiger partial charge in [0, 0.05) is 17.1 Å². The largest absolute Gasteiger partial charge is 0.275 e. The highest BCUT2D eigenvalue weighted by molar-refractivity contribution is 5.71. The van der Waals surface area contributed by atoms with E-state index in [4.69, 9.17) is 0 Å². The topological polar surface area (TPSA) is 0 Å². The molecule has 2 saturated carbocycles. The molecular formula is C24H30F4. The summed E-state index contributed by atoms with van der Waals surface area (Å²) >= 11 is 0. The van der Waals surface area contributed by atoms with Crippen molar-refractivity contribution in [3.8, 4) is 0 Å². The highest BCUT2D eigenvalue weighted by Gasteiger charge is 2.56. The van der Waals surface area contributed by atoms with E-state index in [2.05, 4.69) is 6.92 Å². The number of hydrogen-bond donors (Lipinski definition) is 0. The molecular weight excluding hydrogens is 364 g/mol. The van der Waals surface area contributed by atoms with Crippen LogP contribution in [0, 0.1) is 36.4 Å². The second kappa shape index (κ2) is 7.50. The summed E-state index contributed by atoms with van der Waals surface area (Å²) in [4.78, 5) is 0. The third-order valence-electron chi connectivity index (χ3n) is 7.55. The Morgan fingerprint density at radius 2 is 1.68 bits per heavy atom. The third-order valence-corrected chi connectivity index (χ3v) is 7.55. The minimum atomic E-state index is -3.16. The van der Waals surface area contributed by atoms with E-state index < -0.39 is 35.0 Å². The molecule has 1 aromatic carbocycles. The Kier molecular flexibility index (Phi) is 5.35. The number of aryl methyl sites for hydroxylation is 1. The van der Waals surface area contributed by atoms with E-state index in [1.54, 1.807) is 13.0 Å². The zero-order valence-corrected chi connectivity index (χ0v) is 16.8. The van der Waals surface area contributed by atoms with Crippen molar-refractivity contribution < 1.29 is 17.6 Å². The maximum Gasteiger partial charge on any atom is 0.275 e. The van der Waals surface area contributed by atoms with Crippen molar-refractivity contribution in [2.75, 3.05) is 0 Å². The van der Waals surface area contributed by atoms with Gasteiger partial charge in [-0.2, -0.15) is 0 Å². The zero-order chi connectivity index (χ0) is 20.1. The van der Waals surface area contributed by atoms with Gasteiger partial charge < -0.3 is 0 Å². The molecule has 3 aliphatic rings. The molecule has 2 unspecified atom stereocenters. The van der Waals surface area contributed by atoms with Gasteiger partial charge >= 0.3 is 0 Å². The quantitative estimate of drug-likeness (QED) is 0.460. The normalized spacial score (nSPS) is 31.6. The molecule has 0 aromatic heterocycles. The van der Waals surface area contributed by atoms with E-state index >= 15 is 13.2 Å². The Balaban J connectivity index is 1.50. The summed E-state index contributed by atoms with van der Waals surface area (Å²) in [7, 11) is 0. The van der Waals surface area contributed by atoms with Crippen molar-refractivity contribution in [1.29, 1.82) is 0 Å². The zero-order valence-electron chi connectivity index (χ0n) is 16.8. The van der Waals surface area contributed by atoms with Gasteiger partial charge in [-0.15, -0.1) is 0 Å². The molecule has 0 radical (unpaired) electrons. The van der Waals surface area contributed by atoms with Crippen LogP contribution in [0.3, 0.4) is 0 Å². The highest BCUT2D eigenvalue weighted by atomic mass is 19.3. The number of hydrogen-bond acceptors (Lipinski definition) is 0. The van der Waals surface area contributed by atoms with E-state index in [9.17, 15) is 4.39 Å². The smallest absolute Gasteiger partial charge is 0.206 e. The summed E-state index contributed by atoms with van der Waals surface area (Å²) in [6.45, 7) is 3.97. The predicted molar refractivity (Wildman–Crippen MR) is 104 cm³/mol. The lowest BCUT2D eigenvalue weighted by atomic mass is 9.78. The van der Waals surface area contributed by atoms with Crippen LogP contribution in [-0.4, -0.2) is 5.92 Å². The fourth-order valence-corrected chi connectivity index (χ4v) is 5.90. The second-order valence-corrected chi connectivity index (χ2v) is 9.34. The number of benzene rings is 1. The number of rotatable bonds is 4. The summed E-state index contributed by atoms with van der Waals surface area (Å²) in [5, 5.41) is 0. The van der Waals surface area contributed by atoms with Gasteiger partial charge in [0.15, 0.2) is 0 Å². The lowest BCUT2D eigenvalue weighted by Crippen LogP contribution is -2.27. The molecule has 4 heteroatoms. The summed E-state index contributed by atoms with van der Waals surface area (Å²) in [5.74, 6) is -4.87. The number of allylic oxidation sites excluding steroid dienone is 1. The predicted octanol–water partition coefficient (Wildman–Crippen LogP) is 7.64. The van der Waals surface area contributed by atoms with Crippen molar-refractivity contribution in [2.24, 2.45) is 23.7 Å². The van der Waals surface area contributed by atoms with E-state index in [1.165, 1.54) is 25.3 Å². The van der Waals surface area contributed by atoms with Gasteiger partial charge in [0.1, 0.15) is 11.6 Å². The van der Waals surface area contributed by atoms with Crippen LogP contribution in [0.4, 0.5) is 17.6 Å². The molecule has 1 aromatic rings. The first-order valence-corrected chi connectivity index (χ1v) is 10.9. The van der Waals surface area contributed by atoms with Crippen LogP contribution in [-0.2, 0) is 6.42 Å². The molecule has 0 N–H and O–H groups in total. The van der Waals surface area contributed by atoms with E-state index in [0.717, 1.165) is 25.2 Å². The van der Waals surface area contributed by atoms with Crippen molar-refractivity contribution in [1.82, 2.24) is 0 Å². The van der Waals surface area contributed by atoms with Crippen LogP contribution in [0.2, 0.25) is 0 Å². The minimum Gasteiger partial charge on any atom is -0.206 e. The van der Waals surface area contributed by atoms with Crippen LogP contribution in [0.5, 0.6) is 0 Å². The van der Waals surface area contributed by atoms with Crippen molar-refractivity contribution >= 4 is 5.83 Å². The first-order chi connectivity index (χ1) is 13.3. The molecule has 0 spiro atoms. The molecule has 0 amide bonds. The van der Waals surface area contributed by atoms with E-state index in [-0.39, 0.29) is 5.56 Å². The third kappa shape index (κ3) is 3.41. The average Bonchev–Trinajstić information content (AvgIpc) is 2.89. The Morgan fingerprint density at radius 1 is 1.00 bits per heavy atom. The first-order valence-electron chi connectivity index (χ1n) is 10.9. The maximum atomic E-state index is 15.2. The highest BCUT2D eigenvalue weighted by Crippen LogP contribution is 2.57. The fraction of sp³-hybridized carbons (Fsp3) is 0.667. The Morgan fingerprint density at radius 3 is 2.36 bits per heavy atom. The van der Waals surface area contributed by atoms with Gasteiger partial charge in [-0.3, -0.25) is 0 Å². The molecule has 2 fully saturated rings. The second-order valence-electron chi connectivity index (χ2n) is 9.34. The number of fused-ring (bicyclic) bond motifs is 2. The molecule has 2 atom stereocenters. The Hall–Kier alpha value is -1.32. The van der Waals surface area contributed by atoms with Crippen LogP contribution >= 0.6 is 0 Å². The SMILES string of the molecule is CCC1CCC(CCC2CC3Cc4cc(C)cc(F)c4C(F)=C3C2(F)F)CC1. The molecule has 0 bridgehead atoms. The van der Waals surface area contributed by atoms with Crippen LogP contribution < -0.4 is 0 Å². The molecule has 0 nitrogen and oxygen atoms in total. The standard InChI is InChI=1S/C24H30F4/c1-3-15-4-6-16(7-5-15)8-9-19-13-18-12-17-10-14(2)11-20(25)21(17)23(26)22(18)24(19,27)28/h10-11,15-16,18-19H,3-9,12-13H2,1-2H3. The fourth-order valence-electron chi connectivity index (χ4n) is 5.90. The van der Waals surface area contributed by atoms with Gasteiger partial charge in [0.05, 0.1) is 0 Å². The van der Waals surface area contributed by atoms with Crippen molar-refractivity contribution in [3.05, 3.63) is 40.2 Å². The Bertz CT molecular complexity index is 771. The molecule has 28 heavy (non-hydrogen) atoms. The summed E-state index contributed by atoms with van der Waals surface area (Å²) < 4.78 is 59.7. The van der Waals surface area contributed by atoms with Crippen LogP contribution in [0.25, 0.3) is 5.83 Å². The number of halogens is 4. The van der Waals surface area contributed by atoms with Gasteiger partial charge in [-0.05, 0) is 67.6 Å². The molecule has 4 rings (SSSR count). The van der Waals surface area contributed by atoms with Crippen LogP contribution in [0.1, 0.15) is 75.0 Å². The summed E-state index contributed by atoms with van der Waals surface area (Å²) in [6.07, 6.45) is 7.77. The Labute approximate surface area is 165 Å². The minimum absolute atomic E-state index is 0.227. The lowest BCUT2D eigenvalue weighted by molar-refractivity contribution is -0.00839. The van der Waals surface area contributed by atoms with Crippen molar-refractivity contribution in [2.45, 2.75) is 77.6 Å². The van der Waals surface area contributed by atoms with Crippen molar-refractivity contribution in [3.63, 3.8) is 0 Å². The van der Waals surface area contributed by atoms with E-state index in [1.807, 2.05) is 0 Å². The average molecular weight is 394 g/mol. The first kappa shape index (κ1) is 20.0. The van der Waals surface area contributed by atoms with Gasteiger partial charge in [-0.1, -0.05) is 45.1 Å². The summed E-state index contributed by atoms with van der Waals surface area (Å²) in [5.41, 5.74) is 0.590. The lowest BCUT2D eigenvalue weighted by Gasteiger charge is -2.29. The molecule has 0 aliphatic heterocycles. The number of alkyl halides is 2. The van der Waals surface area contributed by atoms with Crippen LogP contribution in [0.15, 0.2) is 17.7 Å². The van der Waals surface area contributed by atoms with Gasteiger partial charge in [0.2, 0.25) is 0 Å².